The van der Waals surface area contributed by atoms with Crippen molar-refractivity contribution in [3.05, 3.63) is 58.9 Å². The first-order chi connectivity index (χ1) is 15.8. The van der Waals surface area contributed by atoms with Crippen molar-refractivity contribution in [1.82, 2.24) is 23.6 Å². The van der Waals surface area contributed by atoms with Crippen molar-refractivity contribution in [2.24, 2.45) is 0 Å². The molecule has 5 rings (SSSR count). The van der Waals surface area contributed by atoms with Crippen LogP contribution in [0, 0.1) is 0 Å². The van der Waals surface area contributed by atoms with Gasteiger partial charge in [0.25, 0.3) is 15.8 Å². The lowest BCUT2D eigenvalue weighted by Gasteiger charge is -2.25. The number of anilines is 1. The summed E-state index contributed by atoms with van der Waals surface area (Å²) < 4.78 is 27.8. The van der Waals surface area contributed by atoms with E-state index in [1.807, 2.05) is 48.5 Å². The number of rotatable bonds is 4. The predicted octanol–water partition coefficient (Wildman–Crippen LogP) is 2.34. The molecule has 0 unspecified atom stereocenters. The second kappa shape index (κ2) is 8.29. The van der Waals surface area contributed by atoms with Gasteiger partial charge >= 0.3 is 0 Å². The molecule has 33 heavy (non-hydrogen) atoms. The van der Waals surface area contributed by atoms with E-state index in [0.717, 1.165) is 40.9 Å². The molecule has 2 aromatic rings. The van der Waals surface area contributed by atoms with Crippen LogP contribution in [0.3, 0.4) is 0 Å². The molecular formula is C23H26N6O3S. The maximum atomic E-state index is 12.6. The summed E-state index contributed by atoms with van der Waals surface area (Å²) in [6.45, 7) is 2.28. The smallest absolute Gasteiger partial charge is 0.281 e. The van der Waals surface area contributed by atoms with E-state index in [0.29, 0.717) is 31.0 Å². The summed E-state index contributed by atoms with van der Waals surface area (Å²) in [5.41, 5.74) is 4.52. The van der Waals surface area contributed by atoms with Crippen LogP contribution >= 0.6 is 0 Å². The Morgan fingerprint density at radius 1 is 0.970 bits per heavy atom. The highest BCUT2D eigenvalue weighted by atomic mass is 32.2. The van der Waals surface area contributed by atoms with Crippen molar-refractivity contribution in [2.45, 2.75) is 6.42 Å². The fourth-order valence-electron chi connectivity index (χ4n) is 4.34. The molecule has 1 saturated heterocycles. The fourth-order valence-corrected chi connectivity index (χ4v) is 5.47. The number of aromatic nitrogens is 3. The van der Waals surface area contributed by atoms with Gasteiger partial charge in [0.05, 0.1) is 16.6 Å². The van der Waals surface area contributed by atoms with Gasteiger partial charge in [0.1, 0.15) is 5.82 Å². The highest BCUT2D eigenvalue weighted by Crippen LogP contribution is 2.30. The molecule has 0 spiro atoms. The normalized spacial score (nSPS) is 16.0. The van der Waals surface area contributed by atoms with Crippen molar-refractivity contribution in [3.8, 4) is 22.6 Å². The molecule has 3 heterocycles. The number of nitrogens with one attached hydrogen (secondary N) is 2. The van der Waals surface area contributed by atoms with Crippen molar-refractivity contribution < 1.29 is 8.42 Å². The van der Waals surface area contributed by atoms with E-state index in [-0.39, 0.29) is 5.56 Å². The van der Waals surface area contributed by atoms with E-state index >= 15 is 0 Å². The lowest BCUT2D eigenvalue weighted by atomic mass is 10.1. The highest BCUT2D eigenvalue weighted by Gasteiger charge is 2.27. The fraction of sp³-hybridized carbons (Fsp3) is 0.304. The number of H-pyrrole nitrogens is 2. The van der Waals surface area contributed by atoms with Gasteiger partial charge in [-0.25, -0.2) is 4.98 Å². The van der Waals surface area contributed by atoms with E-state index in [1.165, 1.54) is 8.61 Å². The Labute approximate surface area is 192 Å². The second-order valence-electron chi connectivity index (χ2n) is 8.38. The van der Waals surface area contributed by atoms with Crippen LogP contribution in [-0.4, -0.2) is 72.3 Å². The summed E-state index contributed by atoms with van der Waals surface area (Å²) in [4.78, 5) is 25.7. The highest BCUT2D eigenvalue weighted by molar-refractivity contribution is 7.86. The molecule has 0 bridgehead atoms. The monoisotopic (exact) mass is 466 g/mol. The van der Waals surface area contributed by atoms with Crippen molar-refractivity contribution in [1.29, 1.82) is 0 Å². The first-order valence-electron chi connectivity index (χ1n) is 10.9. The zero-order valence-electron chi connectivity index (χ0n) is 18.6. The largest absolute Gasteiger partial charge is 0.370 e. The molecule has 9 nitrogen and oxygen atoms in total. The lowest BCUT2D eigenvalue weighted by Crippen LogP contribution is -2.42. The zero-order valence-corrected chi connectivity index (χ0v) is 19.4. The van der Waals surface area contributed by atoms with E-state index < -0.39 is 10.2 Å². The first-order valence-corrected chi connectivity index (χ1v) is 12.3. The van der Waals surface area contributed by atoms with Gasteiger partial charge < -0.3 is 14.9 Å². The first kappa shape index (κ1) is 21.6. The molecule has 2 N–H and O–H groups in total. The standard InChI is InChI=1S/C23H26N6O3S/c1-27(2)33(31,32)29-12-6-11-28(13-14-29)16-9-10-19-20(15-16)25-22(24-19)21-17-7-4-3-5-8-18(17)26-23(21)30/h3-5,7-10,15H,6,11-14H2,1-2H3,(H,24,25)(H,26,30). The number of imidazole rings is 1. The molecule has 1 fully saturated rings. The summed E-state index contributed by atoms with van der Waals surface area (Å²) >= 11 is 0. The van der Waals surface area contributed by atoms with Crippen LogP contribution in [0.25, 0.3) is 33.7 Å². The molecule has 10 heteroatoms. The molecule has 1 aromatic carbocycles. The summed E-state index contributed by atoms with van der Waals surface area (Å²) in [6, 6.07) is 15.4. The Morgan fingerprint density at radius 3 is 2.61 bits per heavy atom. The molecule has 2 aliphatic heterocycles. The topological polar surface area (TPSA) is 105 Å². The van der Waals surface area contributed by atoms with Crippen LogP contribution < -0.4 is 10.5 Å². The molecule has 172 valence electrons. The average molecular weight is 467 g/mol. The number of hydrogen-bond donors (Lipinski definition) is 2. The molecular weight excluding hydrogens is 440 g/mol. The third-order valence-electron chi connectivity index (χ3n) is 6.09. The quantitative estimate of drug-likeness (QED) is 0.480. The minimum atomic E-state index is -3.42. The van der Waals surface area contributed by atoms with Gasteiger partial charge in [0.15, 0.2) is 0 Å². The third kappa shape index (κ3) is 3.90. The molecule has 0 radical (unpaired) electrons. The Hall–Kier alpha value is -3.21. The van der Waals surface area contributed by atoms with Crippen LogP contribution in [0.15, 0.2) is 53.3 Å². The number of aromatic amines is 2. The number of benzene rings is 1. The van der Waals surface area contributed by atoms with Gasteiger partial charge in [0.2, 0.25) is 0 Å². The van der Waals surface area contributed by atoms with Crippen LogP contribution in [-0.2, 0) is 10.2 Å². The molecule has 0 atom stereocenters. The Kier molecular flexibility index (Phi) is 5.43. The minimum absolute atomic E-state index is 0.176. The average Bonchev–Trinajstić information content (AvgIpc) is 3.09. The van der Waals surface area contributed by atoms with Crippen molar-refractivity contribution >= 4 is 26.9 Å². The molecule has 1 aliphatic carbocycles. The van der Waals surface area contributed by atoms with Crippen LogP contribution in [0.4, 0.5) is 5.69 Å². The van der Waals surface area contributed by atoms with Gasteiger partial charge in [-0.15, -0.1) is 0 Å². The summed E-state index contributed by atoms with van der Waals surface area (Å²) in [7, 11) is -0.307. The van der Waals surface area contributed by atoms with E-state index in [4.69, 9.17) is 4.98 Å². The predicted molar refractivity (Wildman–Crippen MR) is 130 cm³/mol. The summed E-state index contributed by atoms with van der Waals surface area (Å²) in [5, 5.41) is 0. The number of hydrogen-bond acceptors (Lipinski definition) is 5. The second-order valence-corrected chi connectivity index (χ2v) is 10.5. The van der Waals surface area contributed by atoms with E-state index in [2.05, 4.69) is 14.9 Å². The van der Waals surface area contributed by atoms with Crippen molar-refractivity contribution in [2.75, 3.05) is 45.2 Å². The zero-order chi connectivity index (χ0) is 23.2. The van der Waals surface area contributed by atoms with Crippen LogP contribution in [0.1, 0.15) is 6.42 Å². The SMILES string of the molecule is CN(C)S(=O)(=O)N1CCCN(c2ccc3[nH]c(-c4c5cccccc-5[nH]c4=O)nc3c2)CC1. The van der Waals surface area contributed by atoms with Gasteiger partial charge in [-0.2, -0.15) is 17.0 Å². The molecule has 0 amide bonds. The minimum Gasteiger partial charge on any atom is -0.370 e. The molecule has 3 aliphatic rings. The van der Waals surface area contributed by atoms with E-state index in [1.54, 1.807) is 14.1 Å². The Bertz CT molecular complexity index is 1440. The van der Waals surface area contributed by atoms with Gasteiger partial charge in [-0.05, 0) is 30.7 Å². The van der Waals surface area contributed by atoms with E-state index in [9.17, 15) is 13.2 Å². The maximum Gasteiger partial charge on any atom is 0.281 e. The van der Waals surface area contributed by atoms with Crippen LogP contribution in [0.5, 0.6) is 0 Å². The molecule has 0 saturated carbocycles. The maximum absolute atomic E-state index is 12.6. The number of nitrogens with zero attached hydrogens (tertiary/aromatic N) is 4. The van der Waals surface area contributed by atoms with Crippen LogP contribution in [0.2, 0.25) is 0 Å². The number of fused-ring (bicyclic) bond motifs is 2. The summed E-state index contributed by atoms with van der Waals surface area (Å²) in [6.07, 6.45) is 0.739. The Balaban J connectivity index is 1.45. The summed E-state index contributed by atoms with van der Waals surface area (Å²) in [5.74, 6) is 0.531. The Morgan fingerprint density at radius 2 is 1.79 bits per heavy atom. The van der Waals surface area contributed by atoms with Gasteiger partial charge in [-0.3, -0.25) is 4.79 Å². The van der Waals surface area contributed by atoms with Crippen molar-refractivity contribution in [3.63, 3.8) is 0 Å². The van der Waals surface area contributed by atoms with Gasteiger partial charge in [0, 0.05) is 57.2 Å². The molecule has 1 aromatic heterocycles. The van der Waals surface area contributed by atoms with Gasteiger partial charge in [-0.1, -0.05) is 24.3 Å². The third-order valence-corrected chi connectivity index (χ3v) is 8.03. The lowest BCUT2D eigenvalue weighted by molar-refractivity contribution is 0.391.